The minimum atomic E-state index is -0.988. The molecule has 1 aliphatic rings. The molecule has 3 nitrogen and oxygen atoms in total. The van der Waals surface area contributed by atoms with Gasteiger partial charge >= 0.3 is 5.97 Å². The normalized spacial score (nSPS) is 14.8. The number of rotatable bonds is 1. The summed E-state index contributed by atoms with van der Waals surface area (Å²) in [6.07, 6.45) is 9.00. The fourth-order valence-electron chi connectivity index (χ4n) is 1.75. The highest BCUT2D eigenvalue weighted by Gasteiger charge is 2.03. The average molecular weight is 221 g/mol. The smallest absolute Gasteiger partial charge is 0.337 e. The number of carboxylic acid groups (broad SMARTS) is 1. The SMILES string of the molecule is C1CCCCC1.Nc1ccccc1C(=O)O. The number of benzene rings is 1. The molecule has 3 N–H and O–H groups in total. The Morgan fingerprint density at radius 3 is 1.75 bits per heavy atom. The zero-order valence-electron chi connectivity index (χ0n) is 9.48. The summed E-state index contributed by atoms with van der Waals surface area (Å²) >= 11 is 0. The molecule has 0 spiro atoms. The second kappa shape index (κ2) is 6.88. The standard InChI is InChI=1S/C7H7NO2.C6H12/c8-6-4-2-1-3-5(6)7(9)10;1-2-4-6-5-3-1/h1-4H,8H2,(H,9,10);1-6H2. The number of aromatic carboxylic acids is 1. The maximum atomic E-state index is 10.3. The van der Waals surface area contributed by atoms with E-state index in [0.717, 1.165) is 0 Å². The molecule has 0 bridgehead atoms. The molecule has 1 aliphatic carbocycles. The highest BCUT2D eigenvalue weighted by molar-refractivity contribution is 5.93. The van der Waals surface area contributed by atoms with Crippen LogP contribution in [-0.4, -0.2) is 11.1 Å². The largest absolute Gasteiger partial charge is 0.478 e. The van der Waals surface area contributed by atoms with Crippen LogP contribution in [0.1, 0.15) is 48.9 Å². The summed E-state index contributed by atoms with van der Waals surface area (Å²) in [6.45, 7) is 0. The van der Waals surface area contributed by atoms with E-state index in [1.165, 1.54) is 44.6 Å². The van der Waals surface area contributed by atoms with E-state index in [2.05, 4.69) is 0 Å². The number of nitrogens with two attached hydrogens (primary N) is 1. The Bertz CT molecular complexity index is 321. The van der Waals surface area contributed by atoms with Crippen LogP contribution in [-0.2, 0) is 0 Å². The van der Waals surface area contributed by atoms with Crippen molar-refractivity contribution in [2.75, 3.05) is 5.73 Å². The van der Waals surface area contributed by atoms with E-state index in [0.29, 0.717) is 5.69 Å². The van der Waals surface area contributed by atoms with E-state index in [1.54, 1.807) is 18.2 Å². The van der Waals surface area contributed by atoms with E-state index in [9.17, 15) is 4.79 Å². The van der Waals surface area contributed by atoms with Crippen molar-refractivity contribution in [3.05, 3.63) is 29.8 Å². The van der Waals surface area contributed by atoms with Gasteiger partial charge in [0.2, 0.25) is 0 Å². The van der Waals surface area contributed by atoms with Gasteiger partial charge in [0.05, 0.1) is 5.56 Å². The summed E-state index contributed by atoms with van der Waals surface area (Å²) in [6, 6.07) is 6.36. The van der Waals surface area contributed by atoms with Crippen molar-refractivity contribution in [2.24, 2.45) is 0 Å². The molecule has 1 fully saturated rings. The minimum absolute atomic E-state index is 0.155. The lowest BCUT2D eigenvalue weighted by Gasteiger charge is -2.05. The number of carboxylic acids is 1. The number of hydrogen-bond donors (Lipinski definition) is 2. The van der Waals surface area contributed by atoms with Crippen LogP contribution in [0.15, 0.2) is 24.3 Å². The van der Waals surface area contributed by atoms with Crippen LogP contribution in [0.3, 0.4) is 0 Å². The predicted molar refractivity (Wildman–Crippen MR) is 65.5 cm³/mol. The molecular weight excluding hydrogens is 202 g/mol. The fraction of sp³-hybridized carbons (Fsp3) is 0.462. The first-order chi connectivity index (χ1) is 7.72. The number of para-hydroxylation sites is 1. The number of nitrogen functional groups attached to an aromatic ring is 1. The molecule has 0 atom stereocenters. The maximum Gasteiger partial charge on any atom is 0.337 e. The van der Waals surface area contributed by atoms with Crippen LogP contribution >= 0.6 is 0 Å². The van der Waals surface area contributed by atoms with Gasteiger partial charge in [-0.2, -0.15) is 0 Å². The molecule has 0 unspecified atom stereocenters. The number of hydrogen-bond acceptors (Lipinski definition) is 2. The average Bonchev–Trinajstić information content (AvgIpc) is 2.32. The summed E-state index contributed by atoms with van der Waals surface area (Å²) in [5.74, 6) is -0.988. The van der Waals surface area contributed by atoms with Crippen LogP contribution in [0.2, 0.25) is 0 Å². The van der Waals surface area contributed by atoms with Crippen molar-refractivity contribution in [3.8, 4) is 0 Å². The lowest BCUT2D eigenvalue weighted by atomic mass is 10.0. The van der Waals surface area contributed by atoms with Crippen molar-refractivity contribution < 1.29 is 9.90 Å². The van der Waals surface area contributed by atoms with Gasteiger partial charge in [0, 0.05) is 5.69 Å². The fourth-order valence-corrected chi connectivity index (χ4v) is 1.75. The molecule has 1 aromatic carbocycles. The van der Waals surface area contributed by atoms with E-state index in [1.807, 2.05) is 0 Å². The molecular formula is C13H19NO2. The first kappa shape index (κ1) is 12.6. The van der Waals surface area contributed by atoms with Crippen molar-refractivity contribution >= 4 is 11.7 Å². The Morgan fingerprint density at radius 2 is 1.44 bits per heavy atom. The summed E-state index contributed by atoms with van der Waals surface area (Å²) in [5.41, 5.74) is 5.80. The number of anilines is 1. The van der Waals surface area contributed by atoms with Gasteiger partial charge in [-0.25, -0.2) is 4.79 Å². The molecule has 0 amide bonds. The molecule has 0 heterocycles. The molecule has 0 aliphatic heterocycles. The third-order valence-corrected chi connectivity index (χ3v) is 2.69. The highest BCUT2D eigenvalue weighted by atomic mass is 16.4. The lowest BCUT2D eigenvalue weighted by Crippen LogP contribution is -2.00. The number of carbonyl (C=O) groups is 1. The Kier molecular flexibility index (Phi) is 5.40. The van der Waals surface area contributed by atoms with E-state index in [-0.39, 0.29) is 5.56 Å². The zero-order chi connectivity index (χ0) is 11.8. The Morgan fingerprint density at radius 1 is 1.00 bits per heavy atom. The van der Waals surface area contributed by atoms with Crippen LogP contribution in [0, 0.1) is 0 Å². The summed E-state index contributed by atoms with van der Waals surface area (Å²) < 4.78 is 0. The molecule has 0 radical (unpaired) electrons. The van der Waals surface area contributed by atoms with E-state index in [4.69, 9.17) is 10.8 Å². The Balaban J connectivity index is 0.000000181. The van der Waals surface area contributed by atoms with Crippen LogP contribution in [0.25, 0.3) is 0 Å². The topological polar surface area (TPSA) is 63.3 Å². The van der Waals surface area contributed by atoms with Crippen molar-refractivity contribution in [1.29, 1.82) is 0 Å². The molecule has 2 rings (SSSR count). The van der Waals surface area contributed by atoms with Gasteiger partial charge in [-0.3, -0.25) is 0 Å². The molecule has 0 aromatic heterocycles. The van der Waals surface area contributed by atoms with Crippen molar-refractivity contribution in [1.82, 2.24) is 0 Å². The minimum Gasteiger partial charge on any atom is -0.478 e. The molecule has 0 saturated heterocycles. The predicted octanol–water partition coefficient (Wildman–Crippen LogP) is 3.31. The third kappa shape index (κ3) is 4.34. The Hall–Kier alpha value is -1.51. The quantitative estimate of drug-likeness (QED) is 0.715. The molecule has 1 aromatic rings. The second-order valence-electron chi connectivity index (χ2n) is 4.01. The van der Waals surface area contributed by atoms with Gasteiger partial charge in [0.1, 0.15) is 0 Å². The van der Waals surface area contributed by atoms with Gasteiger partial charge in [0.25, 0.3) is 0 Å². The van der Waals surface area contributed by atoms with E-state index < -0.39 is 5.97 Å². The van der Waals surface area contributed by atoms with Gasteiger partial charge in [0.15, 0.2) is 0 Å². The highest BCUT2D eigenvalue weighted by Crippen LogP contribution is 2.15. The van der Waals surface area contributed by atoms with Gasteiger partial charge in [-0.1, -0.05) is 50.7 Å². The van der Waals surface area contributed by atoms with Gasteiger partial charge < -0.3 is 10.8 Å². The molecule has 88 valence electrons. The van der Waals surface area contributed by atoms with Gasteiger partial charge in [-0.15, -0.1) is 0 Å². The van der Waals surface area contributed by atoms with Crippen LogP contribution in [0.5, 0.6) is 0 Å². The second-order valence-corrected chi connectivity index (χ2v) is 4.01. The first-order valence-electron chi connectivity index (χ1n) is 5.79. The lowest BCUT2D eigenvalue weighted by molar-refractivity contribution is 0.0698. The van der Waals surface area contributed by atoms with Gasteiger partial charge in [-0.05, 0) is 12.1 Å². The molecule has 1 saturated carbocycles. The third-order valence-electron chi connectivity index (χ3n) is 2.69. The Labute approximate surface area is 96.3 Å². The summed E-state index contributed by atoms with van der Waals surface area (Å²) in [5, 5.41) is 8.49. The van der Waals surface area contributed by atoms with Crippen LogP contribution in [0.4, 0.5) is 5.69 Å². The molecule has 16 heavy (non-hydrogen) atoms. The van der Waals surface area contributed by atoms with E-state index >= 15 is 0 Å². The summed E-state index contributed by atoms with van der Waals surface area (Å²) in [4.78, 5) is 10.3. The first-order valence-corrected chi connectivity index (χ1v) is 5.79. The van der Waals surface area contributed by atoms with Crippen LogP contribution < -0.4 is 5.73 Å². The molecule has 3 heteroatoms. The van der Waals surface area contributed by atoms with Crippen molar-refractivity contribution in [3.63, 3.8) is 0 Å². The van der Waals surface area contributed by atoms with Crippen molar-refractivity contribution in [2.45, 2.75) is 38.5 Å². The zero-order valence-corrected chi connectivity index (χ0v) is 9.48. The summed E-state index contributed by atoms with van der Waals surface area (Å²) in [7, 11) is 0. The maximum absolute atomic E-state index is 10.3. The monoisotopic (exact) mass is 221 g/mol.